The van der Waals surface area contributed by atoms with Gasteiger partial charge in [0.2, 0.25) is 0 Å². The van der Waals surface area contributed by atoms with Gasteiger partial charge in [0.1, 0.15) is 5.75 Å². The number of benzene rings is 1. The van der Waals surface area contributed by atoms with Crippen molar-refractivity contribution in [1.82, 2.24) is 0 Å². The molecule has 1 aliphatic rings. The first-order valence-electron chi connectivity index (χ1n) is 7.37. The molecule has 1 aromatic rings. The molecule has 1 aromatic carbocycles. The van der Waals surface area contributed by atoms with Gasteiger partial charge < -0.3 is 14.4 Å². The van der Waals surface area contributed by atoms with Crippen molar-refractivity contribution in [2.75, 3.05) is 37.8 Å². The zero-order chi connectivity index (χ0) is 13.5. The molecule has 0 aliphatic carbocycles. The van der Waals surface area contributed by atoms with E-state index in [4.69, 9.17) is 9.47 Å². The fourth-order valence-electron chi connectivity index (χ4n) is 2.42. The second kappa shape index (κ2) is 7.39. The molecule has 1 fully saturated rings. The van der Waals surface area contributed by atoms with E-state index < -0.39 is 0 Å². The molecule has 0 atom stereocenters. The molecule has 0 radical (unpaired) electrons. The van der Waals surface area contributed by atoms with Crippen LogP contribution in [0.25, 0.3) is 0 Å². The highest BCUT2D eigenvalue weighted by Crippen LogP contribution is 2.25. The number of ether oxygens (including phenoxy) is 2. The first kappa shape index (κ1) is 14.2. The minimum Gasteiger partial charge on any atom is -0.494 e. The highest BCUT2D eigenvalue weighted by molar-refractivity contribution is 5.56. The van der Waals surface area contributed by atoms with Gasteiger partial charge in [-0.2, -0.15) is 0 Å². The maximum Gasteiger partial charge on any atom is 0.119 e. The Balaban J connectivity index is 1.92. The molecule has 1 saturated heterocycles. The molecular formula is C16H25NO2. The van der Waals surface area contributed by atoms with Gasteiger partial charge in [-0.3, -0.25) is 0 Å². The van der Waals surface area contributed by atoms with Crippen LogP contribution in [-0.4, -0.2) is 32.9 Å². The molecule has 3 nitrogen and oxygen atoms in total. The summed E-state index contributed by atoms with van der Waals surface area (Å²) in [5.74, 6) is 0.991. The standard InChI is InChI=1S/C16H25NO2/c1-3-4-5-10-19-15-6-7-16(14(2)13-15)17-8-11-18-12-9-17/h6-7,13H,3-5,8-12H2,1-2H3. The van der Waals surface area contributed by atoms with Crippen molar-refractivity contribution in [3.8, 4) is 5.75 Å². The second-order valence-electron chi connectivity index (χ2n) is 5.10. The summed E-state index contributed by atoms with van der Waals surface area (Å²) in [5, 5.41) is 0. The third kappa shape index (κ3) is 4.13. The molecule has 0 saturated carbocycles. The Hall–Kier alpha value is -1.22. The fourth-order valence-corrected chi connectivity index (χ4v) is 2.42. The number of nitrogens with zero attached hydrogens (tertiary/aromatic N) is 1. The predicted octanol–water partition coefficient (Wildman–Crippen LogP) is 3.40. The van der Waals surface area contributed by atoms with Crippen molar-refractivity contribution >= 4 is 5.69 Å². The molecule has 0 N–H and O–H groups in total. The van der Waals surface area contributed by atoms with Crippen molar-refractivity contribution in [2.45, 2.75) is 33.1 Å². The summed E-state index contributed by atoms with van der Waals surface area (Å²) in [4.78, 5) is 2.39. The summed E-state index contributed by atoms with van der Waals surface area (Å²) >= 11 is 0. The van der Waals surface area contributed by atoms with E-state index in [0.29, 0.717) is 0 Å². The average Bonchev–Trinajstić information content (AvgIpc) is 2.45. The van der Waals surface area contributed by atoms with E-state index in [2.05, 4.69) is 36.9 Å². The van der Waals surface area contributed by atoms with Crippen LogP contribution in [0.2, 0.25) is 0 Å². The minimum absolute atomic E-state index is 0.824. The van der Waals surface area contributed by atoms with Gasteiger partial charge in [-0.1, -0.05) is 19.8 Å². The molecule has 3 heteroatoms. The summed E-state index contributed by atoms with van der Waals surface area (Å²) in [5.41, 5.74) is 2.60. The molecule has 106 valence electrons. The number of anilines is 1. The lowest BCUT2D eigenvalue weighted by Gasteiger charge is -2.30. The van der Waals surface area contributed by atoms with Gasteiger partial charge in [0.25, 0.3) is 0 Å². The number of aryl methyl sites for hydroxylation is 1. The summed E-state index contributed by atoms with van der Waals surface area (Å²) < 4.78 is 11.2. The molecule has 1 heterocycles. The summed E-state index contributed by atoms with van der Waals surface area (Å²) in [6, 6.07) is 6.41. The van der Waals surface area contributed by atoms with Crippen LogP contribution < -0.4 is 9.64 Å². The van der Waals surface area contributed by atoms with E-state index in [1.54, 1.807) is 0 Å². The first-order valence-corrected chi connectivity index (χ1v) is 7.37. The average molecular weight is 263 g/mol. The monoisotopic (exact) mass is 263 g/mol. The molecule has 0 amide bonds. The largest absolute Gasteiger partial charge is 0.494 e. The van der Waals surface area contributed by atoms with Crippen LogP contribution in [0.15, 0.2) is 18.2 Å². The molecule has 0 aromatic heterocycles. The third-order valence-electron chi connectivity index (χ3n) is 3.54. The molecule has 19 heavy (non-hydrogen) atoms. The summed E-state index contributed by atoms with van der Waals surface area (Å²) in [6.45, 7) is 8.81. The molecule has 1 aliphatic heterocycles. The molecular weight excluding hydrogens is 238 g/mol. The van der Waals surface area contributed by atoms with Gasteiger partial charge in [-0.25, -0.2) is 0 Å². The van der Waals surface area contributed by atoms with E-state index in [0.717, 1.165) is 45.1 Å². The van der Waals surface area contributed by atoms with Crippen molar-refractivity contribution < 1.29 is 9.47 Å². The van der Waals surface area contributed by atoms with E-state index in [1.165, 1.54) is 24.1 Å². The van der Waals surface area contributed by atoms with Crippen molar-refractivity contribution in [1.29, 1.82) is 0 Å². The van der Waals surface area contributed by atoms with Crippen LogP contribution in [0.5, 0.6) is 5.75 Å². The topological polar surface area (TPSA) is 21.7 Å². The number of morpholine rings is 1. The van der Waals surface area contributed by atoms with Gasteiger partial charge in [0.05, 0.1) is 19.8 Å². The van der Waals surface area contributed by atoms with E-state index in [9.17, 15) is 0 Å². The molecule has 0 bridgehead atoms. The van der Waals surface area contributed by atoms with E-state index in [1.807, 2.05) is 0 Å². The van der Waals surface area contributed by atoms with Crippen molar-refractivity contribution in [2.24, 2.45) is 0 Å². The Morgan fingerprint density at radius 3 is 2.68 bits per heavy atom. The molecule has 0 unspecified atom stereocenters. The highest BCUT2D eigenvalue weighted by Gasteiger charge is 2.13. The van der Waals surface area contributed by atoms with Gasteiger partial charge in [0, 0.05) is 18.8 Å². The maximum atomic E-state index is 5.79. The van der Waals surface area contributed by atoms with Crippen LogP contribution in [0, 0.1) is 6.92 Å². The van der Waals surface area contributed by atoms with Gasteiger partial charge >= 0.3 is 0 Å². The quantitative estimate of drug-likeness (QED) is 0.734. The summed E-state index contributed by atoms with van der Waals surface area (Å²) in [7, 11) is 0. The van der Waals surface area contributed by atoms with Gasteiger partial charge in [-0.05, 0) is 37.1 Å². The maximum absolute atomic E-state index is 5.79. The molecule has 2 rings (SSSR count). The first-order chi connectivity index (χ1) is 9.31. The van der Waals surface area contributed by atoms with Crippen LogP contribution in [0.4, 0.5) is 5.69 Å². The van der Waals surface area contributed by atoms with Crippen LogP contribution in [0.1, 0.15) is 31.7 Å². The van der Waals surface area contributed by atoms with Crippen molar-refractivity contribution in [3.63, 3.8) is 0 Å². The van der Waals surface area contributed by atoms with E-state index >= 15 is 0 Å². The Morgan fingerprint density at radius 2 is 2.00 bits per heavy atom. The SMILES string of the molecule is CCCCCOc1ccc(N2CCOCC2)c(C)c1. The smallest absolute Gasteiger partial charge is 0.119 e. The minimum atomic E-state index is 0.824. The lowest BCUT2D eigenvalue weighted by molar-refractivity contribution is 0.122. The van der Waals surface area contributed by atoms with Gasteiger partial charge in [-0.15, -0.1) is 0 Å². The highest BCUT2D eigenvalue weighted by atomic mass is 16.5. The van der Waals surface area contributed by atoms with Crippen molar-refractivity contribution in [3.05, 3.63) is 23.8 Å². The lowest BCUT2D eigenvalue weighted by Crippen LogP contribution is -2.36. The summed E-state index contributed by atoms with van der Waals surface area (Å²) in [6.07, 6.45) is 3.62. The Morgan fingerprint density at radius 1 is 1.21 bits per heavy atom. The van der Waals surface area contributed by atoms with Crippen LogP contribution in [0.3, 0.4) is 0 Å². The van der Waals surface area contributed by atoms with Crippen LogP contribution >= 0.6 is 0 Å². The third-order valence-corrected chi connectivity index (χ3v) is 3.54. The Kier molecular flexibility index (Phi) is 5.52. The Bertz CT molecular complexity index is 386. The van der Waals surface area contributed by atoms with E-state index in [-0.39, 0.29) is 0 Å². The number of hydrogen-bond acceptors (Lipinski definition) is 3. The zero-order valence-corrected chi connectivity index (χ0v) is 12.2. The van der Waals surface area contributed by atoms with Crippen LogP contribution in [-0.2, 0) is 4.74 Å². The predicted molar refractivity (Wildman–Crippen MR) is 79.2 cm³/mol. The fraction of sp³-hybridized carbons (Fsp3) is 0.625. The number of hydrogen-bond donors (Lipinski definition) is 0. The van der Waals surface area contributed by atoms with Gasteiger partial charge in [0.15, 0.2) is 0 Å². The number of rotatable bonds is 6. The molecule has 0 spiro atoms. The lowest BCUT2D eigenvalue weighted by atomic mass is 10.1. The normalized spacial score (nSPS) is 15.6. The second-order valence-corrected chi connectivity index (χ2v) is 5.10. The Labute approximate surface area is 116 Å². The zero-order valence-electron chi connectivity index (χ0n) is 12.2. The number of unbranched alkanes of at least 4 members (excludes halogenated alkanes) is 2.